The Hall–Kier alpha value is -2.42. The van der Waals surface area contributed by atoms with Gasteiger partial charge in [-0.05, 0) is 24.5 Å². The summed E-state index contributed by atoms with van der Waals surface area (Å²) in [5, 5.41) is 3.37. The summed E-state index contributed by atoms with van der Waals surface area (Å²) >= 11 is 0. The van der Waals surface area contributed by atoms with Crippen LogP contribution < -0.4 is 5.73 Å². The molecule has 1 aliphatic heterocycles. The van der Waals surface area contributed by atoms with Crippen LogP contribution >= 0.6 is 0 Å². The molecule has 0 spiro atoms. The number of alkyl halides is 3. The SMILES string of the molecule is NC1CCCCC1N1Cc2ccc(-c3noc(C(F)(F)F)n3)cc2C1=O. The molecular formula is C17H17F3N4O2. The minimum atomic E-state index is -4.70. The average molecular weight is 366 g/mol. The standard InChI is InChI=1S/C17H17F3N4O2/c18-17(19,20)16-22-14(23-26-16)9-5-6-10-8-24(15(25)11(10)7-9)13-4-2-1-3-12(13)21/h5-7,12-13H,1-4,8,21H2. The van der Waals surface area contributed by atoms with Gasteiger partial charge < -0.3 is 15.2 Å². The number of carbonyl (C=O) groups excluding carboxylic acids is 1. The number of rotatable bonds is 2. The smallest absolute Gasteiger partial charge is 0.330 e. The molecule has 1 fully saturated rings. The van der Waals surface area contributed by atoms with E-state index in [2.05, 4.69) is 14.7 Å². The molecule has 0 saturated heterocycles. The molecule has 1 aromatic carbocycles. The van der Waals surface area contributed by atoms with Gasteiger partial charge in [0.25, 0.3) is 5.91 Å². The lowest BCUT2D eigenvalue weighted by Gasteiger charge is -2.35. The van der Waals surface area contributed by atoms with Crippen molar-refractivity contribution in [2.45, 2.75) is 50.5 Å². The van der Waals surface area contributed by atoms with Gasteiger partial charge in [-0.15, -0.1) is 0 Å². The predicted octanol–water partition coefficient (Wildman–Crippen LogP) is 2.98. The van der Waals surface area contributed by atoms with E-state index in [0.29, 0.717) is 17.7 Å². The number of hydrogen-bond acceptors (Lipinski definition) is 5. The van der Waals surface area contributed by atoms with Crippen LogP contribution in [-0.4, -0.2) is 33.0 Å². The fraction of sp³-hybridized carbons (Fsp3) is 0.471. The van der Waals surface area contributed by atoms with E-state index < -0.39 is 12.1 Å². The molecule has 0 radical (unpaired) electrons. The highest BCUT2D eigenvalue weighted by Crippen LogP contribution is 2.34. The summed E-state index contributed by atoms with van der Waals surface area (Å²) < 4.78 is 42.1. The summed E-state index contributed by atoms with van der Waals surface area (Å²) in [7, 11) is 0. The molecule has 1 aromatic heterocycles. The highest BCUT2D eigenvalue weighted by atomic mass is 19.4. The van der Waals surface area contributed by atoms with Crippen molar-refractivity contribution in [2.75, 3.05) is 0 Å². The molecule has 2 aromatic rings. The molecule has 2 unspecified atom stereocenters. The molecule has 1 amide bonds. The zero-order chi connectivity index (χ0) is 18.5. The van der Waals surface area contributed by atoms with E-state index in [-0.39, 0.29) is 23.8 Å². The lowest BCUT2D eigenvalue weighted by atomic mass is 9.90. The topological polar surface area (TPSA) is 85.2 Å². The fourth-order valence-corrected chi connectivity index (χ4v) is 3.71. The zero-order valence-corrected chi connectivity index (χ0v) is 13.8. The van der Waals surface area contributed by atoms with Crippen LogP contribution in [0.4, 0.5) is 13.2 Å². The van der Waals surface area contributed by atoms with Gasteiger partial charge in [0.1, 0.15) is 0 Å². The Kier molecular flexibility index (Phi) is 3.98. The number of aromatic nitrogens is 2. The molecule has 1 aliphatic carbocycles. The highest BCUT2D eigenvalue weighted by molar-refractivity contribution is 5.99. The first-order valence-electron chi connectivity index (χ1n) is 8.45. The number of benzene rings is 1. The Labute approximate surface area is 147 Å². The molecule has 6 nitrogen and oxygen atoms in total. The van der Waals surface area contributed by atoms with Gasteiger partial charge in [0.2, 0.25) is 5.82 Å². The first kappa shape index (κ1) is 17.0. The van der Waals surface area contributed by atoms with Crippen LogP contribution in [0.15, 0.2) is 22.7 Å². The number of nitrogens with two attached hydrogens (primary N) is 1. The Morgan fingerprint density at radius 3 is 2.69 bits per heavy atom. The molecule has 4 rings (SSSR count). The maximum absolute atomic E-state index is 12.8. The molecule has 2 aliphatic rings. The van der Waals surface area contributed by atoms with Crippen LogP contribution in [0, 0.1) is 0 Å². The molecule has 138 valence electrons. The Bertz CT molecular complexity index is 849. The van der Waals surface area contributed by atoms with E-state index in [0.717, 1.165) is 31.2 Å². The molecular weight excluding hydrogens is 349 g/mol. The third-order valence-corrected chi connectivity index (χ3v) is 5.05. The first-order valence-corrected chi connectivity index (χ1v) is 8.45. The lowest BCUT2D eigenvalue weighted by Crippen LogP contribution is -2.49. The van der Waals surface area contributed by atoms with E-state index in [1.807, 2.05) is 0 Å². The van der Waals surface area contributed by atoms with E-state index in [1.165, 1.54) is 6.07 Å². The normalized spacial score (nSPS) is 23.4. The summed E-state index contributed by atoms with van der Waals surface area (Å²) in [5.74, 6) is -1.75. The van der Waals surface area contributed by atoms with Gasteiger partial charge in [0.05, 0.1) is 0 Å². The molecule has 9 heteroatoms. The van der Waals surface area contributed by atoms with Crippen molar-refractivity contribution in [2.24, 2.45) is 5.73 Å². The molecule has 26 heavy (non-hydrogen) atoms. The van der Waals surface area contributed by atoms with Crippen LogP contribution in [0.25, 0.3) is 11.4 Å². The van der Waals surface area contributed by atoms with Crippen molar-refractivity contribution >= 4 is 5.91 Å². The van der Waals surface area contributed by atoms with Crippen molar-refractivity contribution in [1.29, 1.82) is 0 Å². The van der Waals surface area contributed by atoms with Crippen LogP contribution in [0.3, 0.4) is 0 Å². The number of halogens is 3. The van der Waals surface area contributed by atoms with E-state index in [1.54, 1.807) is 17.0 Å². The summed E-state index contributed by atoms with van der Waals surface area (Å²) in [5.41, 5.74) is 7.79. The fourth-order valence-electron chi connectivity index (χ4n) is 3.71. The number of nitrogens with zero attached hydrogens (tertiary/aromatic N) is 3. The second-order valence-corrected chi connectivity index (χ2v) is 6.74. The van der Waals surface area contributed by atoms with Crippen molar-refractivity contribution < 1.29 is 22.5 Å². The van der Waals surface area contributed by atoms with Crippen molar-refractivity contribution in [3.05, 3.63) is 35.2 Å². The second kappa shape index (κ2) is 6.08. The highest BCUT2D eigenvalue weighted by Gasteiger charge is 2.39. The molecule has 0 bridgehead atoms. The first-order chi connectivity index (χ1) is 12.3. The van der Waals surface area contributed by atoms with E-state index in [9.17, 15) is 18.0 Å². The Morgan fingerprint density at radius 2 is 2.00 bits per heavy atom. The van der Waals surface area contributed by atoms with E-state index in [4.69, 9.17) is 5.73 Å². The van der Waals surface area contributed by atoms with Gasteiger partial charge in [0.15, 0.2) is 0 Å². The minimum Gasteiger partial charge on any atom is -0.330 e. The van der Waals surface area contributed by atoms with E-state index >= 15 is 0 Å². The van der Waals surface area contributed by atoms with Gasteiger partial charge in [-0.25, -0.2) is 0 Å². The maximum atomic E-state index is 12.8. The van der Waals surface area contributed by atoms with Gasteiger partial charge >= 0.3 is 12.1 Å². The second-order valence-electron chi connectivity index (χ2n) is 6.74. The van der Waals surface area contributed by atoms with Crippen molar-refractivity contribution in [3.63, 3.8) is 0 Å². The summed E-state index contributed by atoms with van der Waals surface area (Å²) in [4.78, 5) is 18.0. The predicted molar refractivity (Wildman–Crippen MR) is 84.8 cm³/mol. The van der Waals surface area contributed by atoms with Crippen LogP contribution in [0.1, 0.15) is 47.5 Å². The number of carbonyl (C=O) groups is 1. The quantitative estimate of drug-likeness (QED) is 0.883. The number of amides is 1. The Balaban J connectivity index is 1.61. The molecule has 2 N–H and O–H groups in total. The summed E-state index contributed by atoms with van der Waals surface area (Å²) in [6.45, 7) is 0.465. The molecule has 2 heterocycles. The van der Waals surface area contributed by atoms with Crippen LogP contribution in [0.2, 0.25) is 0 Å². The van der Waals surface area contributed by atoms with Crippen molar-refractivity contribution in [3.8, 4) is 11.4 Å². The monoisotopic (exact) mass is 366 g/mol. The van der Waals surface area contributed by atoms with Gasteiger partial charge in [0, 0.05) is 29.8 Å². The van der Waals surface area contributed by atoms with Crippen LogP contribution in [0.5, 0.6) is 0 Å². The number of fused-ring (bicyclic) bond motifs is 1. The molecule has 1 saturated carbocycles. The summed E-state index contributed by atoms with van der Waals surface area (Å²) in [6.07, 6.45) is -0.846. The third kappa shape index (κ3) is 2.86. The van der Waals surface area contributed by atoms with Gasteiger partial charge in [-0.3, -0.25) is 4.79 Å². The third-order valence-electron chi connectivity index (χ3n) is 5.05. The summed E-state index contributed by atoms with van der Waals surface area (Å²) in [6, 6.07) is 4.79. The van der Waals surface area contributed by atoms with Crippen LogP contribution in [-0.2, 0) is 12.7 Å². The Morgan fingerprint density at radius 1 is 1.23 bits per heavy atom. The minimum absolute atomic E-state index is 0.00546. The zero-order valence-electron chi connectivity index (χ0n) is 13.8. The lowest BCUT2D eigenvalue weighted by molar-refractivity contribution is -0.159. The molecule has 2 atom stereocenters. The average Bonchev–Trinajstić information content (AvgIpc) is 3.21. The largest absolute Gasteiger partial charge is 0.471 e. The van der Waals surface area contributed by atoms with Crippen molar-refractivity contribution in [1.82, 2.24) is 15.0 Å². The van der Waals surface area contributed by atoms with Gasteiger partial charge in [-0.2, -0.15) is 18.2 Å². The maximum Gasteiger partial charge on any atom is 0.471 e. The number of hydrogen-bond donors (Lipinski definition) is 1. The van der Waals surface area contributed by atoms with Gasteiger partial charge in [-0.1, -0.05) is 30.1 Å².